The third-order valence-corrected chi connectivity index (χ3v) is 5.83. The number of carbonyl (C=O) groups is 1. The zero-order chi connectivity index (χ0) is 17.7. The first-order chi connectivity index (χ1) is 11.3. The van der Waals surface area contributed by atoms with Gasteiger partial charge in [0.25, 0.3) is 0 Å². The van der Waals surface area contributed by atoms with Crippen molar-refractivity contribution in [1.29, 1.82) is 0 Å². The second kappa shape index (κ2) is 8.11. The lowest BCUT2D eigenvalue weighted by Gasteiger charge is -2.39. The molecule has 1 aromatic carbocycles. The van der Waals surface area contributed by atoms with Gasteiger partial charge in [0.05, 0.1) is 0 Å². The molecule has 0 amide bonds. The normalized spacial score (nSPS) is 21.2. The van der Waals surface area contributed by atoms with E-state index in [9.17, 15) is 4.79 Å². The van der Waals surface area contributed by atoms with Gasteiger partial charge in [0.1, 0.15) is 0 Å². The van der Waals surface area contributed by atoms with E-state index in [4.69, 9.17) is 12.2 Å². The highest BCUT2D eigenvalue weighted by Crippen LogP contribution is 2.40. The van der Waals surface area contributed by atoms with E-state index in [0.717, 1.165) is 11.6 Å². The van der Waals surface area contributed by atoms with E-state index in [-0.39, 0.29) is 5.78 Å². The molecule has 1 aromatic rings. The lowest BCUT2D eigenvalue weighted by atomic mass is 9.69. The maximum absolute atomic E-state index is 11.5. The molecule has 1 aliphatic carbocycles. The van der Waals surface area contributed by atoms with Gasteiger partial charge in [0.2, 0.25) is 0 Å². The first-order valence-electron chi connectivity index (χ1n) is 9.00. The SMILES string of the molecule is CCC(C)(C)C1CCC(NC(=S)Nc2cccc(C(C)=O)c2)CC1. The third kappa shape index (κ3) is 5.04. The zero-order valence-electron chi connectivity index (χ0n) is 15.3. The number of anilines is 1. The highest BCUT2D eigenvalue weighted by atomic mass is 32.1. The van der Waals surface area contributed by atoms with E-state index in [1.165, 1.54) is 32.1 Å². The quantitative estimate of drug-likeness (QED) is 0.570. The molecule has 0 radical (unpaired) electrons. The molecule has 0 bridgehead atoms. The van der Waals surface area contributed by atoms with E-state index in [2.05, 4.69) is 31.4 Å². The number of hydrogen-bond acceptors (Lipinski definition) is 2. The smallest absolute Gasteiger partial charge is 0.170 e. The van der Waals surface area contributed by atoms with E-state index < -0.39 is 0 Å². The van der Waals surface area contributed by atoms with Crippen molar-refractivity contribution in [3.05, 3.63) is 29.8 Å². The van der Waals surface area contributed by atoms with Crippen molar-refractivity contribution in [2.45, 2.75) is 65.8 Å². The Hall–Kier alpha value is -1.42. The zero-order valence-corrected chi connectivity index (χ0v) is 16.1. The summed E-state index contributed by atoms with van der Waals surface area (Å²) < 4.78 is 0. The van der Waals surface area contributed by atoms with Crippen molar-refractivity contribution in [3.8, 4) is 0 Å². The minimum Gasteiger partial charge on any atom is -0.360 e. The summed E-state index contributed by atoms with van der Waals surface area (Å²) in [6.07, 6.45) is 6.11. The number of benzene rings is 1. The van der Waals surface area contributed by atoms with Gasteiger partial charge in [0, 0.05) is 17.3 Å². The Balaban J connectivity index is 1.84. The molecule has 1 saturated carbocycles. The Morgan fingerprint density at radius 1 is 1.25 bits per heavy atom. The van der Waals surface area contributed by atoms with Crippen molar-refractivity contribution in [3.63, 3.8) is 0 Å². The van der Waals surface area contributed by atoms with Gasteiger partial charge in [-0.2, -0.15) is 0 Å². The second-order valence-corrected chi connectivity index (χ2v) is 8.03. The third-order valence-electron chi connectivity index (χ3n) is 5.61. The fourth-order valence-electron chi connectivity index (χ4n) is 3.48. The van der Waals surface area contributed by atoms with E-state index in [0.29, 0.717) is 22.1 Å². The van der Waals surface area contributed by atoms with Crippen molar-refractivity contribution in [2.24, 2.45) is 11.3 Å². The molecule has 2 N–H and O–H groups in total. The Morgan fingerprint density at radius 2 is 1.92 bits per heavy atom. The Bertz CT molecular complexity index is 589. The lowest BCUT2D eigenvalue weighted by molar-refractivity contribution is 0.101. The van der Waals surface area contributed by atoms with Crippen molar-refractivity contribution < 1.29 is 4.79 Å². The minimum absolute atomic E-state index is 0.0642. The lowest BCUT2D eigenvalue weighted by Crippen LogP contribution is -2.41. The van der Waals surface area contributed by atoms with E-state index in [1.54, 1.807) is 6.92 Å². The van der Waals surface area contributed by atoms with Crippen LogP contribution in [0.1, 0.15) is 70.2 Å². The van der Waals surface area contributed by atoms with Crippen LogP contribution in [-0.2, 0) is 0 Å². The fraction of sp³-hybridized carbons (Fsp3) is 0.600. The average Bonchev–Trinajstić information content (AvgIpc) is 2.55. The average molecular weight is 347 g/mol. The molecule has 0 unspecified atom stereocenters. The molecule has 2 rings (SSSR count). The number of carbonyl (C=O) groups excluding carboxylic acids is 1. The van der Waals surface area contributed by atoms with E-state index >= 15 is 0 Å². The standard InChI is InChI=1S/C20H30N2OS/c1-5-20(3,4)16-9-11-17(12-10-16)21-19(24)22-18-8-6-7-15(13-18)14(2)23/h6-8,13,16-17H,5,9-12H2,1-4H3,(H2,21,22,24). The van der Waals surface area contributed by atoms with Gasteiger partial charge in [-0.05, 0) is 68.3 Å². The summed E-state index contributed by atoms with van der Waals surface area (Å²) in [4.78, 5) is 11.5. The monoisotopic (exact) mass is 346 g/mol. The second-order valence-electron chi connectivity index (χ2n) is 7.63. The van der Waals surface area contributed by atoms with Gasteiger partial charge >= 0.3 is 0 Å². The fourth-order valence-corrected chi connectivity index (χ4v) is 3.76. The van der Waals surface area contributed by atoms with Crippen molar-refractivity contribution in [2.75, 3.05) is 5.32 Å². The summed E-state index contributed by atoms with van der Waals surface area (Å²) in [5.74, 6) is 0.878. The molecule has 1 aliphatic rings. The largest absolute Gasteiger partial charge is 0.360 e. The molecular weight excluding hydrogens is 316 g/mol. The van der Waals surface area contributed by atoms with Crippen LogP contribution in [0.4, 0.5) is 5.69 Å². The molecule has 0 spiro atoms. The minimum atomic E-state index is 0.0642. The number of Topliss-reactive ketones (excluding diaryl/α,β-unsaturated/α-hetero) is 1. The number of thiocarbonyl (C=S) groups is 1. The van der Waals surface area contributed by atoms with Gasteiger partial charge in [-0.3, -0.25) is 4.79 Å². The number of hydrogen-bond donors (Lipinski definition) is 2. The predicted octanol–water partition coefficient (Wildman–Crippen LogP) is 5.17. The molecule has 3 nitrogen and oxygen atoms in total. The van der Waals surface area contributed by atoms with Gasteiger partial charge in [0.15, 0.2) is 10.9 Å². The molecule has 132 valence electrons. The van der Waals surface area contributed by atoms with Crippen LogP contribution in [0.2, 0.25) is 0 Å². The van der Waals surface area contributed by atoms with Gasteiger partial charge < -0.3 is 10.6 Å². The van der Waals surface area contributed by atoms with Crippen molar-refractivity contribution in [1.82, 2.24) is 5.32 Å². The summed E-state index contributed by atoms with van der Waals surface area (Å²) in [6, 6.07) is 7.92. The van der Waals surface area contributed by atoms with E-state index in [1.807, 2.05) is 24.3 Å². The summed E-state index contributed by atoms with van der Waals surface area (Å²) in [5, 5.41) is 7.29. The highest BCUT2D eigenvalue weighted by molar-refractivity contribution is 7.80. The summed E-state index contributed by atoms with van der Waals surface area (Å²) in [7, 11) is 0. The van der Waals surface area contributed by atoms with Gasteiger partial charge in [-0.1, -0.05) is 39.3 Å². The molecule has 0 saturated heterocycles. The van der Waals surface area contributed by atoms with Crippen LogP contribution in [0.3, 0.4) is 0 Å². The Kier molecular flexibility index (Phi) is 6.39. The number of rotatable bonds is 5. The molecule has 0 heterocycles. The molecule has 24 heavy (non-hydrogen) atoms. The van der Waals surface area contributed by atoms with Gasteiger partial charge in [-0.15, -0.1) is 0 Å². The topological polar surface area (TPSA) is 41.1 Å². The summed E-state index contributed by atoms with van der Waals surface area (Å²) in [5.41, 5.74) is 2.00. The van der Waals surface area contributed by atoms with Crippen LogP contribution in [0.5, 0.6) is 0 Å². The van der Waals surface area contributed by atoms with Crippen LogP contribution in [0.25, 0.3) is 0 Å². The molecular formula is C20H30N2OS. The van der Waals surface area contributed by atoms with Crippen LogP contribution in [-0.4, -0.2) is 16.9 Å². The molecule has 0 atom stereocenters. The molecule has 4 heteroatoms. The summed E-state index contributed by atoms with van der Waals surface area (Å²) >= 11 is 5.44. The Labute approximate surface area is 151 Å². The summed E-state index contributed by atoms with van der Waals surface area (Å²) in [6.45, 7) is 8.64. The van der Waals surface area contributed by atoms with Crippen LogP contribution < -0.4 is 10.6 Å². The van der Waals surface area contributed by atoms with Crippen LogP contribution in [0.15, 0.2) is 24.3 Å². The number of ketones is 1. The first-order valence-corrected chi connectivity index (χ1v) is 9.41. The van der Waals surface area contributed by atoms with Crippen LogP contribution in [0, 0.1) is 11.3 Å². The molecule has 0 aromatic heterocycles. The highest BCUT2D eigenvalue weighted by Gasteiger charge is 2.31. The first kappa shape index (κ1) is 18.9. The molecule has 1 fully saturated rings. The predicted molar refractivity (Wildman–Crippen MR) is 106 cm³/mol. The number of nitrogens with one attached hydrogen (secondary N) is 2. The molecule has 0 aliphatic heterocycles. The maximum atomic E-state index is 11.5. The van der Waals surface area contributed by atoms with Crippen molar-refractivity contribution >= 4 is 28.8 Å². The maximum Gasteiger partial charge on any atom is 0.170 e. The Morgan fingerprint density at radius 3 is 2.50 bits per heavy atom. The van der Waals surface area contributed by atoms with Gasteiger partial charge in [-0.25, -0.2) is 0 Å². The van der Waals surface area contributed by atoms with Crippen LogP contribution >= 0.6 is 12.2 Å².